The van der Waals surface area contributed by atoms with Crippen LogP contribution in [0, 0.1) is 0 Å². The highest BCUT2D eigenvalue weighted by Gasteiger charge is 2.63. The van der Waals surface area contributed by atoms with Crippen LogP contribution in [0.4, 0.5) is 4.79 Å². The third kappa shape index (κ3) is 13.9. The van der Waals surface area contributed by atoms with Gasteiger partial charge in [0.2, 0.25) is 5.91 Å². The minimum absolute atomic E-state index is 0.0359. The Morgan fingerprint density at radius 2 is 1.36 bits per heavy atom. The maximum Gasteiger partial charge on any atom is 0.407 e. The second kappa shape index (κ2) is 22.9. The van der Waals surface area contributed by atoms with E-state index in [0.29, 0.717) is 75.1 Å². The molecule has 3 aromatic carbocycles. The average Bonchev–Trinajstić information content (AvgIpc) is 3.73. The van der Waals surface area contributed by atoms with Crippen LogP contribution in [-0.2, 0) is 57.8 Å². The fraction of sp³-hybridized carbons (Fsp3) is 0.457. The van der Waals surface area contributed by atoms with Crippen molar-refractivity contribution in [2.75, 3.05) is 65.9 Å². The normalized spacial score (nSPS) is 16.6. The molecule has 0 spiro atoms. The summed E-state index contributed by atoms with van der Waals surface area (Å²) in [6, 6.07) is 23.4. The van der Waals surface area contributed by atoms with Gasteiger partial charge in [-0.1, -0.05) is 59.8 Å². The van der Waals surface area contributed by atoms with E-state index in [4.69, 9.17) is 33.2 Å². The molecule has 342 valence electrons. The van der Waals surface area contributed by atoms with Crippen molar-refractivity contribution in [2.45, 2.75) is 70.4 Å². The van der Waals surface area contributed by atoms with Gasteiger partial charge in [-0.2, -0.15) is 0 Å². The van der Waals surface area contributed by atoms with E-state index in [-0.39, 0.29) is 69.6 Å². The molecule has 1 aliphatic carbocycles. The highest BCUT2D eigenvalue weighted by molar-refractivity contribution is 6.21. The number of imide groups is 1. The molecule has 1 aromatic heterocycles. The summed E-state index contributed by atoms with van der Waals surface area (Å²) in [6.07, 6.45) is 1.64. The Balaban J connectivity index is 0.855. The lowest BCUT2D eigenvalue weighted by Gasteiger charge is -2.19. The van der Waals surface area contributed by atoms with E-state index < -0.39 is 23.2 Å². The summed E-state index contributed by atoms with van der Waals surface area (Å²) in [4.78, 5) is 64.7. The molecule has 0 radical (unpaired) electrons. The third-order valence-electron chi connectivity index (χ3n) is 10.1. The highest BCUT2D eigenvalue weighted by Crippen LogP contribution is 2.52. The summed E-state index contributed by atoms with van der Waals surface area (Å²) in [6.45, 7) is 8.74. The van der Waals surface area contributed by atoms with Crippen LogP contribution < -0.4 is 15.4 Å². The smallest absolute Gasteiger partial charge is 0.407 e. The zero-order valence-corrected chi connectivity index (χ0v) is 36.5. The third-order valence-corrected chi connectivity index (χ3v) is 10.1. The van der Waals surface area contributed by atoms with Crippen LogP contribution in [0.1, 0.15) is 77.1 Å². The van der Waals surface area contributed by atoms with Gasteiger partial charge in [-0.05, 0) is 62.6 Å². The molecule has 1 saturated carbocycles. The first-order valence-corrected chi connectivity index (χ1v) is 21.3. The summed E-state index contributed by atoms with van der Waals surface area (Å²) in [5, 5.41) is 13.9. The Labute approximate surface area is 371 Å². The molecule has 64 heavy (non-hydrogen) atoms. The summed E-state index contributed by atoms with van der Waals surface area (Å²) >= 11 is 0. The van der Waals surface area contributed by atoms with Crippen molar-refractivity contribution in [3.63, 3.8) is 0 Å². The molecule has 6 rings (SSSR count). The van der Waals surface area contributed by atoms with Crippen LogP contribution in [0.5, 0.6) is 5.75 Å². The molecule has 4 amide bonds. The number of alkyl carbamates (subject to hydrolysis) is 1. The molecule has 0 bridgehead atoms. The number of esters is 1. The molecule has 4 aromatic rings. The summed E-state index contributed by atoms with van der Waals surface area (Å²) in [7, 11) is 0. The number of carbonyl (C=O) groups is 5. The number of nitrogens with one attached hydrogen (secondary N) is 2. The van der Waals surface area contributed by atoms with Crippen molar-refractivity contribution < 1.29 is 57.1 Å². The molecule has 2 aliphatic rings. The first-order chi connectivity index (χ1) is 30.9. The van der Waals surface area contributed by atoms with Crippen molar-refractivity contribution in [1.82, 2.24) is 30.5 Å². The van der Waals surface area contributed by atoms with Crippen molar-refractivity contribution in [1.29, 1.82) is 0 Å². The molecule has 18 heteroatoms. The predicted octanol–water partition coefficient (Wildman–Crippen LogP) is 4.22. The Morgan fingerprint density at radius 3 is 2.00 bits per heavy atom. The fourth-order valence-corrected chi connectivity index (χ4v) is 6.82. The first kappa shape index (κ1) is 47.3. The number of benzene rings is 3. The molecule has 1 unspecified atom stereocenters. The van der Waals surface area contributed by atoms with E-state index in [1.165, 1.54) is 4.90 Å². The monoisotopic (exact) mass is 884 g/mol. The van der Waals surface area contributed by atoms with Crippen LogP contribution in [-0.4, -0.2) is 127 Å². The Hall–Kier alpha value is -6.21. The van der Waals surface area contributed by atoms with Crippen molar-refractivity contribution >= 4 is 29.8 Å². The molecule has 1 aliphatic heterocycles. The summed E-state index contributed by atoms with van der Waals surface area (Å²) in [5.41, 5.74) is 1.30. The number of aromatic nitrogens is 3. The van der Waals surface area contributed by atoms with Gasteiger partial charge in [0.05, 0.1) is 83.3 Å². The van der Waals surface area contributed by atoms with Gasteiger partial charge >= 0.3 is 12.1 Å². The minimum atomic E-state index is -1.22. The largest absolute Gasteiger partial charge is 0.487 e. The molecule has 0 saturated heterocycles. The van der Waals surface area contributed by atoms with Crippen LogP contribution in [0.15, 0.2) is 85.1 Å². The van der Waals surface area contributed by atoms with Crippen LogP contribution >= 0.6 is 0 Å². The maximum absolute atomic E-state index is 13.6. The van der Waals surface area contributed by atoms with Gasteiger partial charge in [-0.25, -0.2) is 9.59 Å². The van der Waals surface area contributed by atoms with E-state index in [0.717, 1.165) is 11.1 Å². The number of fused-ring (bicyclic) bond motifs is 1. The summed E-state index contributed by atoms with van der Waals surface area (Å²) in [5.74, 6) is -1.19. The van der Waals surface area contributed by atoms with Gasteiger partial charge in [0.15, 0.2) is 0 Å². The van der Waals surface area contributed by atoms with Crippen molar-refractivity contribution in [2.24, 2.45) is 0 Å². The predicted molar refractivity (Wildman–Crippen MR) is 229 cm³/mol. The maximum atomic E-state index is 13.6. The number of nitrogens with zero attached hydrogens (tertiary/aromatic N) is 4. The minimum Gasteiger partial charge on any atom is -0.487 e. The van der Waals surface area contributed by atoms with Gasteiger partial charge in [0.1, 0.15) is 35.8 Å². The van der Waals surface area contributed by atoms with Gasteiger partial charge < -0.3 is 43.8 Å². The van der Waals surface area contributed by atoms with E-state index >= 15 is 0 Å². The zero-order valence-electron chi connectivity index (χ0n) is 36.5. The Morgan fingerprint density at radius 1 is 0.750 bits per heavy atom. The topological polar surface area (TPSA) is 208 Å². The lowest BCUT2D eigenvalue weighted by atomic mass is 10.1. The Bertz CT molecular complexity index is 2140. The van der Waals surface area contributed by atoms with E-state index in [1.807, 2.05) is 42.5 Å². The lowest BCUT2D eigenvalue weighted by molar-refractivity contribution is -0.150. The van der Waals surface area contributed by atoms with Gasteiger partial charge in [-0.15, -0.1) is 5.10 Å². The molecule has 2 N–H and O–H groups in total. The molecule has 1 fully saturated rings. The number of carbonyl (C=O) groups excluding carboxylic acids is 5. The van der Waals surface area contributed by atoms with Crippen LogP contribution in [0.2, 0.25) is 0 Å². The molecule has 2 atom stereocenters. The molecular weight excluding hydrogens is 829 g/mol. The number of ether oxygens (including phenoxy) is 7. The number of hydrogen-bond acceptors (Lipinski definition) is 14. The first-order valence-electron chi connectivity index (χ1n) is 21.3. The second-order valence-corrected chi connectivity index (χ2v) is 16.1. The zero-order chi connectivity index (χ0) is 45.4. The number of hydrogen-bond donors (Lipinski definition) is 2. The van der Waals surface area contributed by atoms with E-state index in [1.54, 1.807) is 68.0 Å². The molecule has 18 nitrogen and oxygen atoms in total. The Kier molecular flexibility index (Phi) is 16.9. The van der Waals surface area contributed by atoms with Crippen molar-refractivity contribution in [3.05, 3.63) is 113 Å². The van der Waals surface area contributed by atoms with Crippen LogP contribution in [0.25, 0.3) is 0 Å². The summed E-state index contributed by atoms with van der Waals surface area (Å²) < 4.78 is 40.7. The van der Waals surface area contributed by atoms with E-state index in [9.17, 15) is 24.0 Å². The van der Waals surface area contributed by atoms with Gasteiger partial charge in [-0.3, -0.25) is 24.0 Å². The van der Waals surface area contributed by atoms with Gasteiger partial charge in [0, 0.05) is 18.9 Å². The SMILES string of the molecule is CC(C)(C)OC(=O)NCCn1cc(COc2ccc([C@@H]3CC3(NC(=O)CCOCCOCCOCCOCCN3C(=O)c4ccccc4C3=O)C(=O)OCc3ccccc3)cc2)nn1. The molecular formula is C46H56N6O12. The van der Waals surface area contributed by atoms with E-state index in [2.05, 4.69) is 20.9 Å². The van der Waals surface area contributed by atoms with Crippen molar-refractivity contribution in [3.8, 4) is 5.75 Å². The average molecular weight is 885 g/mol. The molecule has 2 heterocycles. The second-order valence-electron chi connectivity index (χ2n) is 16.1. The number of rotatable bonds is 26. The van der Waals surface area contributed by atoms with Crippen LogP contribution in [0.3, 0.4) is 0 Å². The van der Waals surface area contributed by atoms with Gasteiger partial charge in [0.25, 0.3) is 11.8 Å². The fourth-order valence-electron chi connectivity index (χ4n) is 6.82. The lowest BCUT2D eigenvalue weighted by Crippen LogP contribution is -2.45. The number of amides is 4. The highest BCUT2D eigenvalue weighted by atomic mass is 16.6. The quantitative estimate of drug-likeness (QED) is 0.0515. The standard InChI is InChI=1S/C46H56N6O12/c1-45(2,3)64-44(57)47-18-19-51-30-35(49-50-51)32-62-36-15-13-34(14-16-36)39-29-46(39,43(56)63-31-33-9-5-4-6-10-33)48-40(53)17-21-58-23-25-60-27-28-61-26-24-59-22-20-52-41(54)37-11-7-8-12-38(37)42(52)55/h4-16,30,39H,17-29,31-32H2,1-3H3,(H,47,57)(H,48,53)/t39-,46?/m0/s1.